The maximum absolute atomic E-state index is 5.48. The lowest BCUT2D eigenvalue weighted by atomic mass is 10.1. The monoisotopic (exact) mass is 294 g/mol. The summed E-state index contributed by atoms with van der Waals surface area (Å²) >= 11 is 1.73. The van der Waals surface area contributed by atoms with Gasteiger partial charge in [-0.2, -0.15) is 5.10 Å². The van der Waals surface area contributed by atoms with Crippen LogP contribution in [0.25, 0.3) is 0 Å². The van der Waals surface area contributed by atoms with Gasteiger partial charge in [0, 0.05) is 6.54 Å². The molecular weight excluding hydrogens is 272 g/mol. The van der Waals surface area contributed by atoms with Crippen molar-refractivity contribution in [2.75, 3.05) is 13.7 Å². The van der Waals surface area contributed by atoms with Crippen molar-refractivity contribution >= 4 is 11.3 Å². The van der Waals surface area contributed by atoms with E-state index < -0.39 is 0 Å². The Balaban J connectivity index is 2.53. The molecule has 5 nitrogen and oxygen atoms in total. The summed E-state index contributed by atoms with van der Waals surface area (Å²) in [5, 5.41) is 9.03. The number of thiazole rings is 1. The van der Waals surface area contributed by atoms with E-state index >= 15 is 0 Å². The molecule has 2 aromatic heterocycles. The van der Waals surface area contributed by atoms with E-state index in [1.807, 2.05) is 11.6 Å². The molecule has 0 saturated carbocycles. The average Bonchev–Trinajstić information content (AvgIpc) is 2.98. The Morgan fingerprint density at radius 2 is 2.15 bits per heavy atom. The summed E-state index contributed by atoms with van der Waals surface area (Å²) in [5.41, 5.74) is 2.15. The van der Waals surface area contributed by atoms with E-state index in [9.17, 15) is 0 Å². The largest absolute Gasteiger partial charge is 0.493 e. The van der Waals surface area contributed by atoms with Crippen LogP contribution in [-0.4, -0.2) is 28.4 Å². The number of nitrogens with zero attached hydrogens (tertiary/aromatic N) is 3. The van der Waals surface area contributed by atoms with Crippen LogP contribution in [0.2, 0.25) is 0 Å². The van der Waals surface area contributed by atoms with Gasteiger partial charge in [-0.15, -0.1) is 11.3 Å². The van der Waals surface area contributed by atoms with E-state index in [2.05, 4.69) is 36.2 Å². The zero-order valence-electron chi connectivity index (χ0n) is 12.7. The van der Waals surface area contributed by atoms with E-state index in [0.717, 1.165) is 35.2 Å². The Morgan fingerprint density at radius 3 is 2.65 bits per heavy atom. The molecule has 1 atom stereocenters. The molecule has 0 amide bonds. The summed E-state index contributed by atoms with van der Waals surface area (Å²) in [6, 6.07) is 0.0728. The molecule has 0 saturated heterocycles. The number of ether oxygens (including phenoxy) is 1. The number of methoxy groups -OCH3 is 1. The summed E-state index contributed by atoms with van der Waals surface area (Å²) in [6.07, 6.45) is 1.78. The van der Waals surface area contributed by atoms with Crippen LogP contribution >= 0.6 is 11.3 Å². The standard InChI is InChI=1S/C14H22N4OS/c1-6-15-12(14-9(3)17-10(4)20-14)13-11(19-5)8-16-18(13)7-2/h8,12,15H,6-7H2,1-5H3. The van der Waals surface area contributed by atoms with E-state index in [1.54, 1.807) is 24.6 Å². The van der Waals surface area contributed by atoms with Crippen LogP contribution in [0, 0.1) is 13.8 Å². The smallest absolute Gasteiger partial charge is 0.161 e. The summed E-state index contributed by atoms with van der Waals surface area (Å²) in [7, 11) is 1.69. The third-order valence-corrected chi connectivity index (χ3v) is 4.39. The minimum atomic E-state index is 0.0728. The summed E-state index contributed by atoms with van der Waals surface area (Å²) in [6.45, 7) is 9.98. The molecule has 0 aromatic carbocycles. The van der Waals surface area contributed by atoms with E-state index in [0.29, 0.717) is 0 Å². The Kier molecular flexibility index (Phi) is 4.77. The van der Waals surface area contributed by atoms with E-state index in [-0.39, 0.29) is 6.04 Å². The first-order valence-electron chi connectivity index (χ1n) is 6.89. The highest BCUT2D eigenvalue weighted by Gasteiger charge is 2.26. The predicted molar refractivity (Wildman–Crippen MR) is 81.6 cm³/mol. The molecule has 0 aliphatic carbocycles. The van der Waals surface area contributed by atoms with Crippen LogP contribution in [0.4, 0.5) is 0 Å². The minimum Gasteiger partial charge on any atom is -0.493 e. The van der Waals surface area contributed by atoms with Gasteiger partial charge in [0.1, 0.15) is 5.69 Å². The van der Waals surface area contributed by atoms with Crippen molar-refractivity contribution in [1.29, 1.82) is 0 Å². The maximum Gasteiger partial charge on any atom is 0.161 e. The van der Waals surface area contributed by atoms with Gasteiger partial charge in [-0.1, -0.05) is 6.92 Å². The van der Waals surface area contributed by atoms with Gasteiger partial charge in [0.15, 0.2) is 5.75 Å². The van der Waals surface area contributed by atoms with Gasteiger partial charge in [-0.25, -0.2) is 4.98 Å². The second-order valence-corrected chi connectivity index (χ2v) is 5.82. The highest BCUT2D eigenvalue weighted by Crippen LogP contribution is 2.34. The van der Waals surface area contributed by atoms with Crippen molar-refractivity contribution in [1.82, 2.24) is 20.1 Å². The fourth-order valence-corrected chi connectivity index (χ4v) is 3.42. The Morgan fingerprint density at radius 1 is 1.40 bits per heavy atom. The molecule has 2 heterocycles. The first-order chi connectivity index (χ1) is 9.62. The van der Waals surface area contributed by atoms with Gasteiger partial charge in [0.25, 0.3) is 0 Å². The highest BCUT2D eigenvalue weighted by molar-refractivity contribution is 7.11. The maximum atomic E-state index is 5.48. The summed E-state index contributed by atoms with van der Waals surface area (Å²) < 4.78 is 7.47. The quantitative estimate of drug-likeness (QED) is 0.890. The van der Waals surface area contributed by atoms with Gasteiger partial charge < -0.3 is 10.1 Å². The van der Waals surface area contributed by atoms with Gasteiger partial charge in [-0.05, 0) is 27.3 Å². The van der Waals surface area contributed by atoms with Crippen LogP contribution in [0.5, 0.6) is 5.75 Å². The molecular formula is C14H22N4OS. The molecule has 1 unspecified atom stereocenters. The second kappa shape index (κ2) is 6.37. The number of rotatable bonds is 6. The Hall–Kier alpha value is -1.40. The van der Waals surface area contributed by atoms with Crippen molar-refractivity contribution in [2.45, 2.75) is 40.3 Å². The fraction of sp³-hybridized carbons (Fsp3) is 0.571. The molecule has 6 heteroatoms. The van der Waals surface area contributed by atoms with Crippen molar-refractivity contribution in [3.05, 3.63) is 27.5 Å². The molecule has 1 N–H and O–H groups in total. The first-order valence-corrected chi connectivity index (χ1v) is 7.70. The van der Waals surface area contributed by atoms with E-state index in [1.165, 1.54) is 4.88 Å². The average molecular weight is 294 g/mol. The summed E-state index contributed by atoms with van der Waals surface area (Å²) in [5.74, 6) is 0.822. The highest BCUT2D eigenvalue weighted by atomic mass is 32.1. The minimum absolute atomic E-state index is 0.0728. The third kappa shape index (κ3) is 2.71. The van der Waals surface area contributed by atoms with Crippen molar-refractivity contribution in [2.24, 2.45) is 0 Å². The van der Waals surface area contributed by atoms with Crippen molar-refractivity contribution in [3.8, 4) is 5.75 Å². The topological polar surface area (TPSA) is 52.0 Å². The fourth-order valence-electron chi connectivity index (χ4n) is 2.41. The van der Waals surface area contributed by atoms with Crippen LogP contribution < -0.4 is 10.1 Å². The Labute approximate surface area is 124 Å². The zero-order valence-corrected chi connectivity index (χ0v) is 13.5. The molecule has 0 aliphatic heterocycles. The normalized spacial score (nSPS) is 12.7. The van der Waals surface area contributed by atoms with Gasteiger partial charge >= 0.3 is 0 Å². The van der Waals surface area contributed by atoms with Crippen LogP contribution in [-0.2, 0) is 6.54 Å². The van der Waals surface area contributed by atoms with Crippen LogP contribution in [0.3, 0.4) is 0 Å². The number of hydrogen-bond acceptors (Lipinski definition) is 5. The lowest BCUT2D eigenvalue weighted by molar-refractivity contribution is 0.400. The predicted octanol–water partition coefficient (Wildman–Crippen LogP) is 2.68. The zero-order chi connectivity index (χ0) is 14.7. The van der Waals surface area contributed by atoms with Crippen LogP contribution in [0.15, 0.2) is 6.20 Å². The molecule has 2 rings (SSSR count). The van der Waals surface area contributed by atoms with Crippen LogP contribution in [0.1, 0.15) is 41.2 Å². The molecule has 0 aliphatic rings. The first kappa shape index (κ1) is 15.0. The number of nitrogens with one attached hydrogen (secondary N) is 1. The second-order valence-electron chi connectivity index (χ2n) is 4.59. The van der Waals surface area contributed by atoms with Gasteiger partial charge in [0.05, 0.1) is 34.9 Å². The molecule has 0 bridgehead atoms. The number of hydrogen-bond donors (Lipinski definition) is 1. The van der Waals surface area contributed by atoms with Crippen molar-refractivity contribution < 1.29 is 4.74 Å². The van der Waals surface area contributed by atoms with Crippen molar-refractivity contribution in [3.63, 3.8) is 0 Å². The molecule has 110 valence electrons. The molecule has 0 spiro atoms. The van der Waals surface area contributed by atoms with E-state index in [4.69, 9.17) is 4.74 Å². The summed E-state index contributed by atoms with van der Waals surface area (Å²) in [4.78, 5) is 5.78. The van der Waals surface area contributed by atoms with Gasteiger partial charge in [-0.3, -0.25) is 4.68 Å². The lowest BCUT2D eigenvalue weighted by Crippen LogP contribution is -2.25. The number of aryl methyl sites for hydroxylation is 3. The SMILES string of the molecule is CCNC(c1sc(C)nc1C)c1c(OC)cnn1CC. The molecule has 2 aromatic rings. The molecule has 20 heavy (non-hydrogen) atoms. The van der Waals surface area contributed by atoms with Gasteiger partial charge in [0.2, 0.25) is 0 Å². The molecule has 0 radical (unpaired) electrons. The number of aromatic nitrogens is 3. The third-order valence-electron chi connectivity index (χ3n) is 3.25. The Bertz CT molecular complexity index is 554. The molecule has 0 fully saturated rings. The lowest BCUT2D eigenvalue weighted by Gasteiger charge is -2.19.